The molecule has 0 aromatic carbocycles. The molecule has 3 atom stereocenters. The van der Waals surface area contributed by atoms with Crippen molar-refractivity contribution in [2.75, 3.05) is 0 Å². The highest BCUT2D eigenvalue weighted by Crippen LogP contribution is 2.30. The minimum atomic E-state index is -0.387. The molecule has 0 heterocycles. The summed E-state index contributed by atoms with van der Waals surface area (Å²) in [5.41, 5.74) is 5.55. The lowest BCUT2D eigenvalue weighted by Gasteiger charge is -2.31. The Morgan fingerprint density at radius 2 is 2.00 bits per heavy atom. The molecule has 1 rings (SSSR count). The van der Waals surface area contributed by atoms with Crippen LogP contribution in [-0.2, 0) is 9.53 Å². The zero-order valence-corrected chi connectivity index (χ0v) is 11.0. The number of carbonyl (C=O) groups is 1. The summed E-state index contributed by atoms with van der Waals surface area (Å²) < 4.78 is 5.41. The largest absolute Gasteiger partial charge is 0.460 e. The van der Waals surface area contributed by atoms with Gasteiger partial charge in [0.05, 0.1) is 5.92 Å². The van der Waals surface area contributed by atoms with Crippen molar-refractivity contribution in [1.82, 2.24) is 0 Å². The molecule has 3 unspecified atom stereocenters. The third-order valence-electron chi connectivity index (χ3n) is 3.24. The summed E-state index contributed by atoms with van der Waals surface area (Å²) >= 11 is 0. The molecule has 1 aliphatic rings. The predicted octanol–water partition coefficient (Wildman–Crippen LogP) is 2.48. The first kappa shape index (κ1) is 13.5. The smallest absolute Gasteiger partial charge is 0.309 e. The molecule has 3 nitrogen and oxygen atoms in total. The third kappa shape index (κ3) is 4.12. The Morgan fingerprint density at radius 3 is 2.50 bits per heavy atom. The first-order valence-corrected chi connectivity index (χ1v) is 6.28. The summed E-state index contributed by atoms with van der Waals surface area (Å²) in [5, 5.41) is 0. The number of hydrogen-bond acceptors (Lipinski definition) is 3. The maximum absolute atomic E-state index is 11.9. The van der Waals surface area contributed by atoms with E-state index in [4.69, 9.17) is 10.5 Å². The molecule has 0 saturated heterocycles. The van der Waals surface area contributed by atoms with E-state index in [0.717, 1.165) is 25.7 Å². The van der Waals surface area contributed by atoms with Crippen LogP contribution < -0.4 is 5.73 Å². The predicted molar refractivity (Wildman–Crippen MR) is 64.9 cm³/mol. The standard InChI is InChI=1S/C13H25NO2/c1-9(12(15)16-13(2,3)4)10-6-5-7-11(14)8-10/h9-11H,5-8,14H2,1-4H3. The normalized spacial score (nSPS) is 28.6. The number of ether oxygens (including phenoxy) is 1. The van der Waals surface area contributed by atoms with Crippen LogP contribution in [0.5, 0.6) is 0 Å². The number of hydrogen-bond donors (Lipinski definition) is 1. The molecule has 0 spiro atoms. The summed E-state index contributed by atoms with van der Waals surface area (Å²) in [7, 11) is 0. The maximum Gasteiger partial charge on any atom is 0.309 e. The fourth-order valence-electron chi connectivity index (χ4n) is 2.31. The van der Waals surface area contributed by atoms with Gasteiger partial charge in [-0.3, -0.25) is 4.79 Å². The van der Waals surface area contributed by atoms with Crippen LogP contribution in [-0.4, -0.2) is 17.6 Å². The topological polar surface area (TPSA) is 52.3 Å². The van der Waals surface area contributed by atoms with E-state index in [9.17, 15) is 4.79 Å². The molecular formula is C13H25NO2. The van der Waals surface area contributed by atoms with Gasteiger partial charge in [0.2, 0.25) is 0 Å². The fourth-order valence-corrected chi connectivity index (χ4v) is 2.31. The molecular weight excluding hydrogens is 202 g/mol. The number of esters is 1. The molecule has 3 heteroatoms. The van der Waals surface area contributed by atoms with Gasteiger partial charge in [0, 0.05) is 6.04 Å². The Labute approximate surface area is 98.7 Å². The van der Waals surface area contributed by atoms with Crippen molar-refractivity contribution in [2.45, 2.75) is 65.0 Å². The van der Waals surface area contributed by atoms with Crippen molar-refractivity contribution in [3.63, 3.8) is 0 Å². The molecule has 1 saturated carbocycles. The van der Waals surface area contributed by atoms with Crippen molar-refractivity contribution < 1.29 is 9.53 Å². The highest BCUT2D eigenvalue weighted by molar-refractivity contribution is 5.72. The molecule has 0 aromatic heterocycles. The summed E-state index contributed by atoms with van der Waals surface area (Å²) in [5.74, 6) is 0.302. The Kier molecular flexibility index (Phi) is 4.36. The third-order valence-corrected chi connectivity index (χ3v) is 3.24. The second-order valence-corrected chi connectivity index (χ2v) is 6.01. The van der Waals surface area contributed by atoms with Crippen LogP contribution in [0.1, 0.15) is 53.4 Å². The van der Waals surface area contributed by atoms with Gasteiger partial charge in [0.1, 0.15) is 5.60 Å². The van der Waals surface area contributed by atoms with Crippen molar-refractivity contribution >= 4 is 5.97 Å². The van der Waals surface area contributed by atoms with Gasteiger partial charge in [-0.2, -0.15) is 0 Å². The molecule has 0 amide bonds. The Balaban J connectivity index is 2.49. The average Bonchev–Trinajstić information content (AvgIpc) is 2.14. The SMILES string of the molecule is CC(C(=O)OC(C)(C)C)C1CCCC(N)C1. The van der Waals surface area contributed by atoms with E-state index < -0.39 is 0 Å². The van der Waals surface area contributed by atoms with Gasteiger partial charge in [-0.05, 0) is 46.0 Å². The summed E-state index contributed by atoms with van der Waals surface area (Å²) in [4.78, 5) is 11.9. The van der Waals surface area contributed by atoms with E-state index in [2.05, 4.69) is 0 Å². The second-order valence-electron chi connectivity index (χ2n) is 6.01. The molecule has 0 aromatic rings. The van der Waals surface area contributed by atoms with Crippen molar-refractivity contribution in [2.24, 2.45) is 17.6 Å². The van der Waals surface area contributed by atoms with E-state index in [1.807, 2.05) is 27.7 Å². The Morgan fingerprint density at radius 1 is 1.38 bits per heavy atom. The highest BCUT2D eigenvalue weighted by atomic mass is 16.6. The molecule has 94 valence electrons. The fraction of sp³-hybridized carbons (Fsp3) is 0.923. The molecule has 2 N–H and O–H groups in total. The Bertz CT molecular complexity index is 245. The van der Waals surface area contributed by atoms with Crippen LogP contribution in [0.4, 0.5) is 0 Å². The Hall–Kier alpha value is -0.570. The first-order chi connectivity index (χ1) is 7.29. The van der Waals surface area contributed by atoms with E-state index in [1.165, 1.54) is 0 Å². The van der Waals surface area contributed by atoms with E-state index in [0.29, 0.717) is 5.92 Å². The lowest BCUT2D eigenvalue weighted by Crippen LogP contribution is -2.36. The second kappa shape index (κ2) is 5.17. The maximum atomic E-state index is 11.9. The number of nitrogens with two attached hydrogens (primary N) is 1. The first-order valence-electron chi connectivity index (χ1n) is 6.28. The van der Waals surface area contributed by atoms with E-state index in [-0.39, 0.29) is 23.5 Å². The number of rotatable bonds is 2. The summed E-state index contributed by atoms with van der Waals surface area (Å²) in [6.07, 6.45) is 4.30. The van der Waals surface area contributed by atoms with E-state index >= 15 is 0 Å². The van der Waals surface area contributed by atoms with Crippen molar-refractivity contribution in [3.8, 4) is 0 Å². The average molecular weight is 227 g/mol. The molecule has 0 aliphatic heterocycles. The minimum Gasteiger partial charge on any atom is -0.460 e. The summed E-state index contributed by atoms with van der Waals surface area (Å²) in [6, 6.07) is 0.267. The lowest BCUT2D eigenvalue weighted by atomic mass is 9.79. The zero-order valence-electron chi connectivity index (χ0n) is 11.0. The van der Waals surface area contributed by atoms with Crippen LogP contribution in [0.3, 0.4) is 0 Å². The van der Waals surface area contributed by atoms with Gasteiger partial charge >= 0.3 is 5.97 Å². The lowest BCUT2D eigenvalue weighted by molar-refractivity contribution is -0.161. The molecule has 0 bridgehead atoms. The zero-order chi connectivity index (χ0) is 12.3. The van der Waals surface area contributed by atoms with Crippen LogP contribution in [0.15, 0.2) is 0 Å². The van der Waals surface area contributed by atoms with Crippen molar-refractivity contribution in [1.29, 1.82) is 0 Å². The van der Waals surface area contributed by atoms with Crippen LogP contribution in [0, 0.1) is 11.8 Å². The highest BCUT2D eigenvalue weighted by Gasteiger charge is 2.31. The molecule has 1 aliphatic carbocycles. The van der Waals surface area contributed by atoms with Gasteiger partial charge in [0.15, 0.2) is 0 Å². The van der Waals surface area contributed by atoms with Crippen LogP contribution >= 0.6 is 0 Å². The quantitative estimate of drug-likeness (QED) is 0.737. The minimum absolute atomic E-state index is 0.0226. The van der Waals surface area contributed by atoms with E-state index in [1.54, 1.807) is 0 Å². The van der Waals surface area contributed by atoms with Gasteiger partial charge in [-0.25, -0.2) is 0 Å². The van der Waals surface area contributed by atoms with Gasteiger partial charge in [-0.1, -0.05) is 13.3 Å². The molecule has 0 radical (unpaired) electrons. The van der Waals surface area contributed by atoms with Crippen LogP contribution in [0.2, 0.25) is 0 Å². The number of carbonyl (C=O) groups excluding carboxylic acids is 1. The monoisotopic (exact) mass is 227 g/mol. The van der Waals surface area contributed by atoms with Crippen LogP contribution in [0.25, 0.3) is 0 Å². The van der Waals surface area contributed by atoms with Gasteiger partial charge in [-0.15, -0.1) is 0 Å². The van der Waals surface area contributed by atoms with Gasteiger partial charge < -0.3 is 10.5 Å². The van der Waals surface area contributed by atoms with Crippen molar-refractivity contribution in [3.05, 3.63) is 0 Å². The molecule has 16 heavy (non-hydrogen) atoms. The summed E-state index contributed by atoms with van der Waals surface area (Å²) in [6.45, 7) is 7.69. The van der Waals surface area contributed by atoms with Gasteiger partial charge in [0.25, 0.3) is 0 Å². The molecule has 1 fully saturated rings.